The van der Waals surface area contributed by atoms with Crippen LogP contribution in [0.2, 0.25) is 0 Å². The highest BCUT2D eigenvalue weighted by Crippen LogP contribution is 2.39. The molecule has 174 valence electrons. The molecule has 0 N–H and O–H groups in total. The predicted octanol–water partition coefficient (Wildman–Crippen LogP) is 6.90. The maximum atomic E-state index is 4.81. The van der Waals surface area contributed by atoms with Crippen LogP contribution in [-0.4, -0.2) is 24.9 Å². The highest BCUT2D eigenvalue weighted by molar-refractivity contribution is 5.82. The molecule has 5 heteroatoms. The smallest absolute Gasteiger partial charge is 0.182 e. The van der Waals surface area contributed by atoms with Gasteiger partial charge in [0.2, 0.25) is 0 Å². The summed E-state index contributed by atoms with van der Waals surface area (Å²) >= 11 is 0. The molecule has 6 aromatic rings. The van der Waals surface area contributed by atoms with E-state index in [9.17, 15) is 0 Å². The molecule has 3 aromatic heterocycles. The third-order valence-electron chi connectivity index (χ3n) is 6.68. The molecule has 0 saturated carbocycles. The zero-order valence-corrected chi connectivity index (χ0v) is 19.9. The zero-order valence-electron chi connectivity index (χ0n) is 19.9. The van der Waals surface area contributed by atoms with Crippen LogP contribution in [0.3, 0.4) is 0 Å². The summed E-state index contributed by atoms with van der Waals surface area (Å²) in [5, 5.41) is 0. The van der Waals surface area contributed by atoms with E-state index < -0.39 is 0 Å². The first-order valence-corrected chi connectivity index (χ1v) is 12.2. The van der Waals surface area contributed by atoms with E-state index in [1.54, 1.807) is 12.4 Å². The Kier molecular flexibility index (Phi) is 5.10. The summed E-state index contributed by atoms with van der Waals surface area (Å²) in [6.45, 7) is 0. The second-order valence-electron chi connectivity index (χ2n) is 9.02. The van der Waals surface area contributed by atoms with E-state index >= 15 is 0 Å². The third-order valence-corrected chi connectivity index (χ3v) is 6.68. The van der Waals surface area contributed by atoms with Gasteiger partial charge >= 0.3 is 0 Å². The summed E-state index contributed by atoms with van der Waals surface area (Å²) < 4.78 is 0. The normalized spacial score (nSPS) is 11.7. The van der Waals surface area contributed by atoms with Crippen molar-refractivity contribution in [3.05, 3.63) is 127 Å². The third kappa shape index (κ3) is 3.96. The number of benzene rings is 3. The summed E-state index contributed by atoms with van der Waals surface area (Å²) in [5.74, 6) is 1.63. The molecule has 0 saturated heterocycles. The minimum atomic E-state index is 0.519. The van der Waals surface area contributed by atoms with Crippen molar-refractivity contribution in [1.29, 1.82) is 0 Å². The molecule has 0 aliphatic heterocycles. The first-order chi connectivity index (χ1) is 18.3. The average molecular weight is 476 g/mol. The van der Waals surface area contributed by atoms with Crippen LogP contribution in [0.25, 0.3) is 56.7 Å². The van der Waals surface area contributed by atoms with Gasteiger partial charge in [-0.2, -0.15) is 0 Å². The topological polar surface area (TPSA) is 64.5 Å². The average Bonchev–Trinajstić information content (AvgIpc) is 3.36. The second kappa shape index (κ2) is 8.88. The van der Waals surface area contributed by atoms with Gasteiger partial charge in [0.15, 0.2) is 17.5 Å². The number of aromatic nitrogens is 5. The number of hydrogen-bond acceptors (Lipinski definition) is 5. The molecule has 37 heavy (non-hydrogen) atoms. The molecule has 0 bridgehead atoms. The molecule has 0 unspecified atom stereocenters. The minimum Gasteiger partial charge on any atom is -0.253 e. The zero-order chi connectivity index (χ0) is 24.6. The molecule has 0 amide bonds. The fourth-order valence-electron chi connectivity index (χ4n) is 4.87. The summed E-state index contributed by atoms with van der Waals surface area (Å²) in [5.41, 5.74) is 9.98. The van der Waals surface area contributed by atoms with Gasteiger partial charge in [-0.25, -0.2) is 15.0 Å². The fourth-order valence-corrected chi connectivity index (χ4v) is 4.87. The largest absolute Gasteiger partial charge is 0.253 e. The Morgan fingerprint density at radius 3 is 1.78 bits per heavy atom. The van der Waals surface area contributed by atoms with Gasteiger partial charge in [-0.05, 0) is 76.2 Å². The van der Waals surface area contributed by atoms with Crippen LogP contribution in [0.1, 0.15) is 11.1 Å². The molecule has 0 fully saturated rings. The van der Waals surface area contributed by atoms with Gasteiger partial charge in [-0.15, -0.1) is 0 Å². The van der Waals surface area contributed by atoms with E-state index in [4.69, 9.17) is 15.0 Å². The van der Waals surface area contributed by atoms with Gasteiger partial charge in [-0.1, -0.05) is 66.7 Å². The van der Waals surface area contributed by atoms with E-state index in [2.05, 4.69) is 70.6 Å². The van der Waals surface area contributed by atoms with Gasteiger partial charge < -0.3 is 0 Å². The fraction of sp³-hybridized carbons (Fsp3) is 0.0312. The Balaban J connectivity index is 1.34. The monoisotopic (exact) mass is 475 g/mol. The van der Waals surface area contributed by atoms with Gasteiger partial charge in [0.1, 0.15) is 11.4 Å². The molecule has 7 rings (SSSR count). The van der Waals surface area contributed by atoms with Crippen LogP contribution in [0.4, 0.5) is 0 Å². The van der Waals surface area contributed by atoms with Gasteiger partial charge in [0, 0.05) is 18.0 Å². The molecule has 3 aromatic carbocycles. The molecule has 0 atom stereocenters. The van der Waals surface area contributed by atoms with Crippen LogP contribution < -0.4 is 0 Å². The van der Waals surface area contributed by atoms with Crippen LogP contribution in [0, 0.1) is 0 Å². The van der Waals surface area contributed by atoms with Crippen LogP contribution in [0.5, 0.6) is 0 Å². The number of pyridine rings is 2. The summed E-state index contributed by atoms with van der Waals surface area (Å²) in [6.07, 6.45) is 4.47. The van der Waals surface area contributed by atoms with Crippen molar-refractivity contribution in [2.75, 3.05) is 0 Å². The summed E-state index contributed by atoms with van der Waals surface area (Å²) in [7, 11) is 0. The second-order valence-corrected chi connectivity index (χ2v) is 9.02. The summed E-state index contributed by atoms with van der Waals surface area (Å²) in [6, 6.07) is 35.2. The Bertz CT molecular complexity index is 1690. The van der Waals surface area contributed by atoms with Crippen molar-refractivity contribution in [1.82, 2.24) is 24.9 Å². The van der Waals surface area contributed by atoms with Gasteiger partial charge in [0.05, 0.1) is 0 Å². The van der Waals surface area contributed by atoms with E-state index in [-0.39, 0.29) is 0 Å². The first kappa shape index (κ1) is 21.3. The Morgan fingerprint density at radius 2 is 1.05 bits per heavy atom. The Hall–Kier alpha value is -5.03. The number of rotatable bonds is 4. The van der Waals surface area contributed by atoms with Crippen molar-refractivity contribution in [2.24, 2.45) is 0 Å². The standard InChI is InChI=1S/C32H21N5/c1-2-11-26-23(8-1)19-24-15-14-22(20-27(24)26)21-9-7-10-25(18-21)30-35-31(28-12-3-5-16-33-28)37-32(36-30)29-13-4-6-17-34-29/h1-18,20H,19H2. The first-order valence-electron chi connectivity index (χ1n) is 12.2. The van der Waals surface area contributed by atoms with Crippen molar-refractivity contribution in [3.63, 3.8) is 0 Å². The SMILES string of the molecule is c1ccc(-c2nc(-c3cccc(-c4ccc5c(c4)-c4ccccc4C5)c3)nc(-c3ccccn3)n2)nc1. The minimum absolute atomic E-state index is 0.519. The highest BCUT2D eigenvalue weighted by atomic mass is 15.1. The molecule has 5 nitrogen and oxygen atoms in total. The van der Waals surface area contributed by atoms with E-state index in [1.807, 2.05) is 42.5 Å². The lowest BCUT2D eigenvalue weighted by Crippen LogP contribution is -2.01. The van der Waals surface area contributed by atoms with Crippen molar-refractivity contribution in [3.8, 4) is 56.7 Å². The van der Waals surface area contributed by atoms with Crippen molar-refractivity contribution < 1.29 is 0 Å². The molecular formula is C32H21N5. The lowest BCUT2D eigenvalue weighted by molar-refractivity contribution is 1.05. The number of nitrogens with zero attached hydrogens (tertiary/aromatic N) is 5. The number of hydrogen-bond donors (Lipinski definition) is 0. The van der Waals surface area contributed by atoms with Crippen LogP contribution in [-0.2, 0) is 6.42 Å². The molecule has 3 heterocycles. The quantitative estimate of drug-likeness (QED) is 0.277. The van der Waals surface area contributed by atoms with E-state index in [0.29, 0.717) is 28.9 Å². The molecule has 1 aliphatic carbocycles. The lowest BCUT2D eigenvalue weighted by atomic mass is 9.97. The van der Waals surface area contributed by atoms with Gasteiger partial charge in [0.25, 0.3) is 0 Å². The van der Waals surface area contributed by atoms with Crippen molar-refractivity contribution >= 4 is 0 Å². The maximum absolute atomic E-state index is 4.81. The molecule has 1 aliphatic rings. The Labute approximate surface area is 214 Å². The molecule has 0 spiro atoms. The maximum Gasteiger partial charge on any atom is 0.182 e. The highest BCUT2D eigenvalue weighted by Gasteiger charge is 2.19. The molecular weight excluding hydrogens is 454 g/mol. The number of fused-ring (bicyclic) bond motifs is 3. The lowest BCUT2D eigenvalue weighted by Gasteiger charge is -2.10. The summed E-state index contributed by atoms with van der Waals surface area (Å²) in [4.78, 5) is 23.2. The molecule has 0 radical (unpaired) electrons. The van der Waals surface area contributed by atoms with Crippen LogP contribution in [0.15, 0.2) is 116 Å². The van der Waals surface area contributed by atoms with Crippen molar-refractivity contribution in [2.45, 2.75) is 6.42 Å². The van der Waals surface area contributed by atoms with E-state index in [1.165, 1.54) is 27.8 Å². The predicted molar refractivity (Wildman–Crippen MR) is 145 cm³/mol. The van der Waals surface area contributed by atoms with Crippen LogP contribution >= 0.6 is 0 Å². The van der Waals surface area contributed by atoms with Gasteiger partial charge in [-0.3, -0.25) is 9.97 Å². The van der Waals surface area contributed by atoms with E-state index in [0.717, 1.165) is 17.5 Å². The Morgan fingerprint density at radius 1 is 0.432 bits per heavy atom.